The lowest BCUT2D eigenvalue weighted by molar-refractivity contribution is -0.146. The second-order valence-corrected chi connectivity index (χ2v) is 3.31. The van der Waals surface area contributed by atoms with Gasteiger partial charge in [-0.1, -0.05) is 0 Å². The van der Waals surface area contributed by atoms with E-state index in [-0.39, 0.29) is 24.0 Å². The number of hydrogen-bond acceptors (Lipinski definition) is 3. The zero-order valence-electron chi connectivity index (χ0n) is 6.95. The standard InChI is InChI=1S/C8H11NO3/c1-5(10)9-3-2-6-4-7(9)8(11)12-6/h6-7H,2-4H2,1H3. The van der Waals surface area contributed by atoms with Crippen molar-refractivity contribution in [2.24, 2.45) is 0 Å². The highest BCUT2D eigenvalue weighted by atomic mass is 16.6. The van der Waals surface area contributed by atoms with Gasteiger partial charge in [0, 0.05) is 26.3 Å². The van der Waals surface area contributed by atoms with Crippen molar-refractivity contribution in [3.05, 3.63) is 0 Å². The summed E-state index contributed by atoms with van der Waals surface area (Å²) in [5.74, 6) is -0.259. The van der Waals surface area contributed by atoms with Gasteiger partial charge in [-0.15, -0.1) is 0 Å². The Morgan fingerprint density at radius 1 is 1.67 bits per heavy atom. The molecule has 0 aromatic carbocycles. The van der Waals surface area contributed by atoms with Crippen LogP contribution in [-0.4, -0.2) is 35.5 Å². The summed E-state index contributed by atoms with van der Waals surface area (Å²) in [4.78, 5) is 23.8. The maximum Gasteiger partial charge on any atom is 0.329 e. The average molecular weight is 169 g/mol. The lowest BCUT2D eigenvalue weighted by atomic mass is 10.0. The molecule has 2 fully saturated rings. The molecule has 0 aromatic heterocycles. The van der Waals surface area contributed by atoms with E-state index in [4.69, 9.17) is 4.74 Å². The van der Waals surface area contributed by atoms with Crippen molar-refractivity contribution in [2.75, 3.05) is 6.54 Å². The van der Waals surface area contributed by atoms with Gasteiger partial charge >= 0.3 is 5.97 Å². The molecule has 1 amide bonds. The Kier molecular flexibility index (Phi) is 1.56. The molecule has 0 spiro atoms. The van der Waals surface area contributed by atoms with E-state index >= 15 is 0 Å². The normalized spacial score (nSPS) is 33.4. The lowest BCUT2D eigenvalue weighted by Gasteiger charge is -2.28. The summed E-state index contributed by atoms with van der Waals surface area (Å²) < 4.78 is 5.03. The van der Waals surface area contributed by atoms with E-state index in [0.717, 1.165) is 6.42 Å². The molecule has 2 heterocycles. The maximum atomic E-state index is 11.2. The molecule has 2 atom stereocenters. The third kappa shape index (κ3) is 0.983. The van der Waals surface area contributed by atoms with Gasteiger partial charge in [0.25, 0.3) is 0 Å². The number of rotatable bonds is 0. The van der Waals surface area contributed by atoms with Crippen molar-refractivity contribution in [1.29, 1.82) is 0 Å². The number of piperidine rings is 1. The molecule has 0 aromatic rings. The third-order valence-electron chi connectivity index (χ3n) is 2.51. The summed E-state index contributed by atoms with van der Waals surface area (Å²) in [6.45, 7) is 2.16. The predicted molar refractivity (Wildman–Crippen MR) is 40.3 cm³/mol. The SMILES string of the molecule is CC(=O)N1CCC2CC1C(=O)O2. The number of nitrogens with zero attached hydrogens (tertiary/aromatic N) is 1. The fourth-order valence-corrected chi connectivity index (χ4v) is 1.88. The molecular formula is C8H11NO3. The van der Waals surface area contributed by atoms with Crippen molar-refractivity contribution in [3.8, 4) is 0 Å². The quantitative estimate of drug-likeness (QED) is 0.476. The van der Waals surface area contributed by atoms with E-state index in [1.54, 1.807) is 4.90 Å². The molecule has 2 rings (SSSR count). The van der Waals surface area contributed by atoms with Gasteiger partial charge in [0.2, 0.25) is 5.91 Å². The lowest BCUT2D eigenvalue weighted by Crippen LogP contribution is -2.44. The number of likely N-dealkylation sites (tertiary alicyclic amines) is 1. The van der Waals surface area contributed by atoms with Crippen molar-refractivity contribution >= 4 is 11.9 Å². The maximum absolute atomic E-state index is 11.2. The van der Waals surface area contributed by atoms with Crippen LogP contribution < -0.4 is 0 Å². The first-order valence-electron chi connectivity index (χ1n) is 4.16. The van der Waals surface area contributed by atoms with Crippen LogP contribution in [0.3, 0.4) is 0 Å². The zero-order valence-corrected chi connectivity index (χ0v) is 6.95. The van der Waals surface area contributed by atoms with Crippen LogP contribution >= 0.6 is 0 Å². The molecular weight excluding hydrogens is 158 g/mol. The summed E-state index contributed by atoms with van der Waals surface area (Å²) in [5.41, 5.74) is 0. The van der Waals surface area contributed by atoms with Crippen LogP contribution in [0, 0.1) is 0 Å². The molecule has 2 unspecified atom stereocenters. The second kappa shape index (κ2) is 2.47. The number of amides is 1. The summed E-state index contributed by atoms with van der Waals surface area (Å²) in [7, 11) is 0. The number of fused-ring (bicyclic) bond motifs is 2. The van der Waals surface area contributed by atoms with Crippen LogP contribution in [0.25, 0.3) is 0 Å². The van der Waals surface area contributed by atoms with Crippen LogP contribution in [-0.2, 0) is 14.3 Å². The summed E-state index contributed by atoms with van der Waals surface area (Å²) in [6, 6.07) is -0.291. The van der Waals surface area contributed by atoms with Crippen LogP contribution in [0.2, 0.25) is 0 Å². The number of esters is 1. The number of ether oxygens (including phenoxy) is 1. The molecule has 0 radical (unpaired) electrons. The Hall–Kier alpha value is -1.06. The summed E-state index contributed by atoms with van der Waals surface area (Å²) in [5, 5.41) is 0. The third-order valence-corrected chi connectivity index (χ3v) is 2.51. The fourth-order valence-electron chi connectivity index (χ4n) is 1.88. The molecule has 0 N–H and O–H groups in total. The number of carbonyl (C=O) groups is 2. The Bertz CT molecular complexity index is 238. The predicted octanol–water partition coefficient (Wildman–Crippen LogP) is -0.0773. The molecule has 2 aliphatic rings. The second-order valence-electron chi connectivity index (χ2n) is 3.31. The number of hydrogen-bond donors (Lipinski definition) is 0. The minimum Gasteiger partial charge on any atom is -0.461 e. The molecule has 0 aliphatic carbocycles. The smallest absolute Gasteiger partial charge is 0.329 e. The highest BCUT2D eigenvalue weighted by Crippen LogP contribution is 2.27. The first-order chi connectivity index (χ1) is 5.68. The zero-order chi connectivity index (χ0) is 8.72. The first-order valence-corrected chi connectivity index (χ1v) is 4.16. The molecule has 66 valence electrons. The van der Waals surface area contributed by atoms with Crippen LogP contribution in [0.4, 0.5) is 0 Å². The fraction of sp³-hybridized carbons (Fsp3) is 0.750. The van der Waals surface area contributed by atoms with Crippen molar-refractivity contribution in [3.63, 3.8) is 0 Å². The van der Waals surface area contributed by atoms with Crippen molar-refractivity contribution < 1.29 is 14.3 Å². The monoisotopic (exact) mass is 169 g/mol. The van der Waals surface area contributed by atoms with Crippen LogP contribution in [0.15, 0.2) is 0 Å². The Morgan fingerprint density at radius 3 is 3.08 bits per heavy atom. The molecule has 12 heavy (non-hydrogen) atoms. The van der Waals surface area contributed by atoms with Gasteiger partial charge < -0.3 is 9.64 Å². The Labute approximate surface area is 70.5 Å². The van der Waals surface area contributed by atoms with Gasteiger partial charge in [0.05, 0.1) is 0 Å². The Balaban J connectivity index is 2.18. The molecule has 0 saturated carbocycles. The van der Waals surface area contributed by atoms with Gasteiger partial charge in [0.15, 0.2) is 0 Å². The minimum atomic E-state index is -0.291. The van der Waals surface area contributed by atoms with Crippen LogP contribution in [0.1, 0.15) is 19.8 Å². The first kappa shape index (κ1) is 7.58. The molecule has 2 bridgehead atoms. The minimum absolute atomic E-state index is 0.0303. The van der Waals surface area contributed by atoms with Crippen LogP contribution in [0.5, 0.6) is 0 Å². The van der Waals surface area contributed by atoms with E-state index in [2.05, 4.69) is 0 Å². The van der Waals surface area contributed by atoms with Crippen molar-refractivity contribution in [1.82, 2.24) is 4.90 Å². The van der Waals surface area contributed by atoms with Gasteiger partial charge in [0.1, 0.15) is 12.1 Å². The van der Waals surface area contributed by atoms with Gasteiger partial charge in [-0.2, -0.15) is 0 Å². The molecule has 4 heteroatoms. The van der Waals surface area contributed by atoms with E-state index in [1.165, 1.54) is 6.92 Å². The van der Waals surface area contributed by atoms with E-state index in [9.17, 15) is 9.59 Å². The highest BCUT2D eigenvalue weighted by molar-refractivity contribution is 5.85. The molecule has 2 aliphatic heterocycles. The van der Waals surface area contributed by atoms with E-state index < -0.39 is 0 Å². The molecule has 2 saturated heterocycles. The topological polar surface area (TPSA) is 46.6 Å². The van der Waals surface area contributed by atoms with E-state index in [1.807, 2.05) is 0 Å². The van der Waals surface area contributed by atoms with Gasteiger partial charge in [-0.25, -0.2) is 4.79 Å². The van der Waals surface area contributed by atoms with Crippen molar-refractivity contribution in [2.45, 2.75) is 31.9 Å². The van der Waals surface area contributed by atoms with Gasteiger partial charge in [-0.05, 0) is 0 Å². The number of carbonyl (C=O) groups excluding carboxylic acids is 2. The average Bonchev–Trinajstić information content (AvgIpc) is 2.28. The van der Waals surface area contributed by atoms with Gasteiger partial charge in [-0.3, -0.25) is 4.79 Å². The van der Waals surface area contributed by atoms with E-state index in [0.29, 0.717) is 13.0 Å². The Morgan fingerprint density at radius 2 is 2.42 bits per heavy atom. The summed E-state index contributed by atoms with van der Waals surface area (Å²) >= 11 is 0. The molecule has 4 nitrogen and oxygen atoms in total. The largest absolute Gasteiger partial charge is 0.461 e. The highest BCUT2D eigenvalue weighted by Gasteiger charge is 2.43. The summed E-state index contributed by atoms with van der Waals surface area (Å²) in [6.07, 6.45) is 1.55.